The molecule has 2 aromatic heterocycles. The minimum absolute atomic E-state index is 0.0230. The summed E-state index contributed by atoms with van der Waals surface area (Å²) < 4.78 is 26.2. The Hall–Kier alpha value is -3.26. The van der Waals surface area contributed by atoms with Crippen LogP contribution in [-0.2, 0) is 4.79 Å². The molecular weight excluding hydrogens is 423 g/mol. The van der Waals surface area contributed by atoms with E-state index in [4.69, 9.17) is 21.1 Å². The molecule has 1 aliphatic rings. The lowest BCUT2D eigenvalue weighted by atomic mass is 10.1. The Kier molecular flexibility index (Phi) is 5.99. The number of hydrogen-bond acceptors (Lipinski definition) is 6. The molecule has 31 heavy (non-hydrogen) atoms. The predicted molar refractivity (Wildman–Crippen MR) is 114 cm³/mol. The lowest BCUT2D eigenvalue weighted by molar-refractivity contribution is -0.125. The van der Waals surface area contributed by atoms with Crippen molar-refractivity contribution in [2.45, 2.75) is 25.6 Å². The third-order valence-corrected chi connectivity index (χ3v) is 5.34. The Morgan fingerprint density at radius 1 is 1.35 bits per heavy atom. The minimum atomic E-state index is -0.656. The summed E-state index contributed by atoms with van der Waals surface area (Å²) in [5.41, 5.74) is 1.27. The van der Waals surface area contributed by atoms with Crippen LogP contribution in [0.4, 0.5) is 4.39 Å². The fourth-order valence-corrected chi connectivity index (χ4v) is 3.62. The summed E-state index contributed by atoms with van der Waals surface area (Å²) in [4.78, 5) is 26.3. The molecule has 0 N–H and O–H groups in total. The van der Waals surface area contributed by atoms with E-state index in [-0.39, 0.29) is 22.9 Å². The molecule has 0 unspecified atom stereocenters. The van der Waals surface area contributed by atoms with Gasteiger partial charge in [0.1, 0.15) is 24.4 Å². The highest BCUT2D eigenvalue weighted by molar-refractivity contribution is 6.30. The quantitative estimate of drug-likeness (QED) is 0.534. The van der Waals surface area contributed by atoms with Crippen LogP contribution in [0.15, 0.2) is 49.3 Å². The molecule has 7 nitrogen and oxygen atoms in total. The van der Waals surface area contributed by atoms with Crippen LogP contribution in [-0.4, -0.2) is 45.0 Å². The maximum atomic E-state index is 14.4. The van der Waals surface area contributed by atoms with E-state index >= 15 is 0 Å². The number of hydrogen-bond donors (Lipinski definition) is 0. The van der Waals surface area contributed by atoms with Gasteiger partial charge in [-0.05, 0) is 25.1 Å². The van der Waals surface area contributed by atoms with Gasteiger partial charge < -0.3 is 14.4 Å². The number of carbonyl (C=O) groups excluding carboxylic acids is 1. The Morgan fingerprint density at radius 3 is 3.00 bits per heavy atom. The third kappa shape index (κ3) is 4.44. The van der Waals surface area contributed by atoms with Gasteiger partial charge in [0, 0.05) is 24.6 Å². The van der Waals surface area contributed by atoms with E-state index in [1.807, 2.05) is 0 Å². The van der Waals surface area contributed by atoms with Crippen LogP contribution in [0.5, 0.6) is 11.8 Å². The first kappa shape index (κ1) is 21.0. The van der Waals surface area contributed by atoms with Gasteiger partial charge >= 0.3 is 0 Å². The Morgan fingerprint density at radius 2 is 2.19 bits per heavy atom. The Labute approximate surface area is 183 Å². The van der Waals surface area contributed by atoms with Crippen molar-refractivity contribution in [1.82, 2.24) is 19.9 Å². The van der Waals surface area contributed by atoms with Crippen molar-refractivity contribution in [3.8, 4) is 11.8 Å². The van der Waals surface area contributed by atoms with Gasteiger partial charge in [0.05, 0.1) is 17.1 Å². The smallest absolute Gasteiger partial charge is 0.246 e. The number of rotatable bonds is 6. The second-order valence-electron chi connectivity index (χ2n) is 7.12. The second kappa shape index (κ2) is 8.85. The van der Waals surface area contributed by atoms with E-state index in [2.05, 4.69) is 21.5 Å². The number of ether oxygens (including phenoxy) is 2. The van der Waals surface area contributed by atoms with Crippen LogP contribution in [0.25, 0.3) is 11.0 Å². The monoisotopic (exact) mass is 442 g/mol. The van der Waals surface area contributed by atoms with Crippen LogP contribution in [0.3, 0.4) is 0 Å². The van der Waals surface area contributed by atoms with Gasteiger partial charge in [-0.15, -0.1) is 0 Å². The highest BCUT2D eigenvalue weighted by Crippen LogP contribution is 2.30. The summed E-state index contributed by atoms with van der Waals surface area (Å²) >= 11 is 5.88. The van der Waals surface area contributed by atoms with Crippen molar-refractivity contribution >= 4 is 28.5 Å². The highest BCUT2D eigenvalue weighted by Gasteiger charge is 2.27. The molecule has 0 bridgehead atoms. The van der Waals surface area contributed by atoms with E-state index in [0.29, 0.717) is 42.0 Å². The molecule has 1 fully saturated rings. The van der Waals surface area contributed by atoms with Crippen molar-refractivity contribution in [3.63, 3.8) is 0 Å². The summed E-state index contributed by atoms with van der Waals surface area (Å²) in [5.74, 6) is -0.0837. The number of carbonyl (C=O) groups is 1. The molecule has 0 saturated carbocycles. The first-order valence-corrected chi connectivity index (χ1v) is 10.1. The molecule has 3 aromatic rings. The molecule has 1 aliphatic heterocycles. The van der Waals surface area contributed by atoms with E-state index in [0.717, 1.165) is 0 Å². The van der Waals surface area contributed by atoms with Gasteiger partial charge in [0.2, 0.25) is 17.7 Å². The van der Waals surface area contributed by atoms with Crippen LogP contribution < -0.4 is 9.47 Å². The number of fused-ring (bicyclic) bond motifs is 1. The lowest BCUT2D eigenvalue weighted by Gasteiger charge is -2.17. The Balaban J connectivity index is 1.56. The third-order valence-electron chi connectivity index (χ3n) is 5.05. The SMILES string of the molecule is C=CC(=O)N1CC[C@H](Oc2ccc3ncnc(O[C@H](C)c4cccc(Cl)c4F)c3n2)C1. The predicted octanol–water partition coefficient (Wildman–Crippen LogP) is 4.12. The van der Waals surface area contributed by atoms with Gasteiger partial charge in [-0.3, -0.25) is 4.79 Å². The topological polar surface area (TPSA) is 77.4 Å². The average molecular weight is 443 g/mol. The normalized spacial score (nSPS) is 16.9. The van der Waals surface area contributed by atoms with Crippen molar-refractivity contribution in [2.75, 3.05) is 13.1 Å². The van der Waals surface area contributed by atoms with Crippen molar-refractivity contribution < 1.29 is 18.7 Å². The standard InChI is InChI=1S/C22H20ClFN4O3/c1-3-19(29)28-10-9-14(11-28)31-18-8-7-17-21(27-18)22(26-12-25-17)30-13(2)15-5-4-6-16(23)20(15)24/h3-8,12-14H,1,9-11H2,2H3/t13-,14+/m1/s1. The first-order chi connectivity index (χ1) is 15.0. The van der Waals surface area contributed by atoms with E-state index < -0.39 is 11.9 Å². The molecule has 4 rings (SSSR count). The minimum Gasteiger partial charge on any atom is -0.472 e. The van der Waals surface area contributed by atoms with Crippen molar-refractivity contribution in [2.24, 2.45) is 0 Å². The number of benzene rings is 1. The maximum absolute atomic E-state index is 14.4. The van der Waals surface area contributed by atoms with E-state index in [9.17, 15) is 9.18 Å². The lowest BCUT2D eigenvalue weighted by Crippen LogP contribution is -2.29. The van der Waals surface area contributed by atoms with E-state index in [1.165, 1.54) is 18.5 Å². The fraction of sp³-hybridized carbons (Fsp3) is 0.273. The molecule has 0 aliphatic carbocycles. The summed E-state index contributed by atoms with van der Waals surface area (Å²) in [6.07, 6.45) is 2.51. The zero-order chi connectivity index (χ0) is 22.0. The number of amides is 1. The van der Waals surface area contributed by atoms with Crippen LogP contribution in [0.1, 0.15) is 25.0 Å². The molecule has 1 aromatic carbocycles. The number of halogens is 2. The average Bonchev–Trinajstić information content (AvgIpc) is 3.24. The molecule has 1 saturated heterocycles. The van der Waals surface area contributed by atoms with Gasteiger partial charge in [-0.2, -0.15) is 4.98 Å². The zero-order valence-electron chi connectivity index (χ0n) is 16.8. The number of aromatic nitrogens is 3. The van der Waals surface area contributed by atoms with Crippen molar-refractivity contribution in [3.05, 3.63) is 65.7 Å². The Bertz CT molecular complexity index is 1140. The molecular formula is C22H20ClFN4O3. The second-order valence-corrected chi connectivity index (χ2v) is 7.52. The summed E-state index contributed by atoms with van der Waals surface area (Å²) in [6, 6.07) is 8.19. The van der Waals surface area contributed by atoms with Gasteiger partial charge in [0.15, 0.2) is 5.52 Å². The van der Waals surface area contributed by atoms with Gasteiger partial charge in [-0.1, -0.05) is 30.3 Å². The molecule has 0 radical (unpaired) electrons. The van der Waals surface area contributed by atoms with Crippen molar-refractivity contribution in [1.29, 1.82) is 0 Å². The summed E-state index contributed by atoms with van der Waals surface area (Å²) in [5, 5.41) is 0.0230. The summed E-state index contributed by atoms with van der Waals surface area (Å²) in [7, 11) is 0. The molecule has 0 spiro atoms. The highest BCUT2D eigenvalue weighted by atomic mass is 35.5. The molecule has 1 amide bonds. The van der Waals surface area contributed by atoms with Crippen LogP contribution in [0, 0.1) is 5.82 Å². The van der Waals surface area contributed by atoms with Gasteiger partial charge in [0.25, 0.3) is 0 Å². The van der Waals surface area contributed by atoms with Crippen LogP contribution >= 0.6 is 11.6 Å². The number of pyridine rings is 1. The fourth-order valence-electron chi connectivity index (χ4n) is 3.44. The molecule has 160 valence electrons. The van der Waals surface area contributed by atoms with Crippen LogP contribution in [0.2, 0.25) is 5.02 Å². The number of nitrogens with zero attached hydrogens (tertiary/aromatic N) is 4. The molecule has 9 heteroatoms. The summed E-state index contributed by atoms with van der Waals surface area (Å²) in [6.45, 7) is 6.27. The molecule has 2 atom stereocenters. The molecule has 3 heterocycles. The van der Waals surface area contributed by atoms with E-state index in [1.54, 1.807) is 36.1 Å². The largest absolute Gasteiger partial charge is 0.472 e. The first-order valence-electron chi connectivity index (χ1n) is 9.76. The van der Waals surface area contributed by atoms with Gasteiger partial charge in [-0.25, -0.2) is 14.4 Å². The zero-order valence-corrected chi connectivity index (χ0v) is 17.6. The maximum Gasteiger partial charge on any atom is 0.246 e. The number of likely N-dealkylation sites (tertiary alicyclic amines) is 1.